The summed E-state index contributed by atoms with van der Waals surface area (Å²) in [5, 5.41) is 3.23. The molecular weight excluding hydrogens is 763 g/mol. The minimum Gasteiger partial charge on any atom is -0.486 e. The van der Waals surface area contributed by atoms with E-state index in [0.29, 0.717) is 5.71 Å². The molecule has 6 heteroatoms. The Morgan fingerprint density at radius 1 is 0.783 bits per heavy atom. The molecule has 0 bridgehead atoms. The molecule has 7 aromatic rings. The number of pyridine rings is 3. The van der Waals surface area contributed by atoms with E-state index in [1.54, 1.807) is 0 Å². The number of nitrogens with zero attached hydrogens (tertiary/aromatic N) is 3. The largest absolute Gasteiger partial charge is 0.486 e. The normalized spacial score (nSPS) is 11.8. The zero-order valence-corrected chi connectivity index (χ0v) is 31.1. The van der Waals surface area contributed by atoms with Gasteiger partial charge in [-0.05, 0) is 67.1 Å². The molecule has 0 amide bonds. The van der Waals surface area contributed by atoms with Gasteiger partial charge in [0.15, 0.2) is 0 Å². The van der Waals surface area contributed by atoms with Gasteiger partial charge in [0.1, 0.15) is 0 Å². The number of thiophene rings is 1. The van der Waals surface area contributed by atoms with Crippen LogP contribution in [0.3, 0.4) is 0 Å². The topological polar surface area (TPSA) is 51.8 Å². The Morgan fingerprint density at radius 3 is 2.26 bits per heavy atom. The van der Waals surface area contributed by atoms with Crippen LogP contribution in [0.1, 0.15) is 61.9 Å². The maximum atomic E-state index is 6.22. The molecule has 0 aliphatic rings. The molecule has 7 rings (SSSR count). The Hall–Kier alpha value is -3.70. The van der Waals surface area contributed by atoms with Crippen LogP contribution in [0.4, 0.5) is 0 Å². The van der Waals surface area contributed by atoms with Gasteiger partial charge in [-0.3, -0.25) is 0 Å². The number of furan rings is 1. The number of fused-ring (bicyclic) bond motifs is 4. The molecule has 2 aromatic carbocycles. The molecule has 0 spiro atoms. The van der Waals surface area contributed by atoms with Gasteiger partial charge in [0, 0.05) is 64.3 Å². The van der Waals surface area contributed by atoms with Crippen molar-refractivity contribution in [2.75, 3.05) is 0 Å². The van der Waals surface area contributed by atoms with Crippen molar-refractivity contribution in [3.05, 3.63) is 112 Å². The van der Waals surface area contributed by atoms with E-state index >= 15 is 0 Å². The number of hydrogen-bond donors (Lipinski definition) is 0. The molecule has 4 nitrogen and oxygen atoms in total. The standard InChI is InChI=1S/C26H25N2OS.C14H14N.Ir/c1-15-10-11-17-16-8-7-9-18(23(16)29-24(17)28-15)22-19-14-21(26(5,6)25(2,3)4)30-20(19)12-13-27-22;1-10-4-6-13(7-5-10)14-8-11(2)12(3)9-15-14;/h7-8,10-14H,1-6H3;4-6,8-9H,1-3H3;/q2*-1;. The van der Waals surface area contributed by atoms with Crippen molar-refractivity contribution in [2.45, 2.75) is 67.7 Å². The third-order valence-electron chi connectivity index (χ3n) is 9.23. The molecule has 0 aliphatic carbocycles. The van der Waals surface area contributed by atoms with Gasteiger partial charge in [-0.25, -0.2) is 4.98 Å². The van der Waals surface area contributed by atoms with E-state index in [1.807, 2.05) is 54.9 Å². The molecule has 0 unspecified atom stereocenters. The molecular formula is C40H39IrN3OS-2. The Morgan fingerprint density at radius 2 is 1.57 bits per heavy atom. The first-order valence-corrected chi connectivity index (χ1v) is 16.2. The summed E-state index contributed by atoms with van der Waals surface area (Å²) in [5.74, 6) is 0. The van der Waals surface area contributed by atoms with Crippen LogP contribution in [-0.2, 0) is 25.5 Å². The second kappa shape index (κ2) is 12.8. The van der Waals surface area contributed by atoms with Gasteiger partial charge in [0.2, 0.25) is 5.71 Å². The summed E-state index contributed by atoms with van der Waals surface area (Å²) in [5.41, 5.74) is 10.2. The Bertz CT molecular complexity index is 2170. The number of aryl methyl sites for hydroxylation is 4. The van der Waals surface area contributed by atoms with Gasteiger partial charge in [-0.15, -0.1) is 64.9 Å². The van der Waals surface area contributed by atoms with Gasteiger partial charge in [-0.2, -0.15) is 0 Å². The van der Waals surface area contributed by atoms with Crippen LogP contribution in [0.5, 0.6) is 0 Å². The van der Waals surface area contributed by atoms with Gasteiger partial charge in [-0.1, -0.05) is 64.1 Å². The number of benzene rings is 2. The molecule has 0 saturated carbocycles. The van der Waals surface area contributed by atoms with Crippen molar-refractivity contribution in [3.63, 3.8) is 0 Å². The van der Waals surface area contributed by atoms with E-state index < -0.39 is 0 Å². The van der Waals surface area contributed by atoms with Crippen molar-refractivity contribution in [1.82, 2.24) is 15.0 Å². The average molecular weight is 802 g/mol. The van der Waals surface area contributed by atoms with Crippen LogP contribution in [0.25, 0.3) is 54.7 Å². The molecule has 1 radical (unpaired) electrons. The first kappa shape index (κ1) is 33.7. The SMILES string of the molecule is Cc1c[c-]c(-c2cc(C)c(C)cn2)cc1.Cc1ccc2c(n1)oc1c(-c3nccc4sc(C(C)(C)C(C)(C)C)cc34)[c-]ccc12.[Ir]. The Kier molecular flexibility index (Phi) is 9.39. The monoisotopic (exact) mass is 802 g/mol. The van der Waals surface area contributed by atoms with Crippen LogP contribution in [0, 0.1) is 45.2 Å². The molecule has 5 aromatic heterocycles. The van der Waals surface area contributed by atoms with Gasteiger partial charge >= 0.3 is 0 Å². The van der Waals surface area contributed by atoms with E-state index in [-0.39, 0.29) is 30.9 Å². The summed E-state index contributed by atoms with van der Waals surface area (Å²) >= 11 is 1.86. The van der Waals surface area contributed by atoms with Crippen LogP contribution in [0.2, 0.25) is 0 Å². The molecule has 0 N–H and O–H groups in total. The van der Waals surface area contributed by atoms with Crippen molar-refractivity contribution >= 4 is 43.5 Å². The van der Waals surface area contributed by atoms with Crippen molar-refractivity contribution in [1.29, 1.82) is 0 Å². The molecule has 46 heavy (non-hydrogen) atoms. The molecule has 0 saturated heterocycles. The predicted molar refractivity (Wildman–Crippen MR) is 189 cm³/mol. The number of hydrogen-bond acceptors (Lipinski definition) is 5. The van der Waals surface area contributed by atoms with E-state index in [4.69, 9.17) is 9.40 Å². The maximum Gasteiger partial charge on any atom is 0.216 e. The first-order chi connectivity index (χ1) is 21.3. The minimum atomic E-state index is 0. The van der Waals surface area contributed by atoms with Crippen molar-refractivity contribution < 1.29 is 24.5 Å². The summed E-state index contributed by atoms with van der Waals surface area (Å²) in [6.07, 6.45) is 3.80. The molecule has 5 heterocycles. The zero-order valence-electron chi connectivity index (χ0n) is 27.9. The summed E-state index contributed by atoms with van der Waals surface area (Å²) < 4.78 is 7.46. The number of rotatable bonds is 3. The summed E-state index contributed by atoms with van der Waals surface area (Å²) in [6.45, 7) is 19.8. The van der Waals surface area contributed by atoms with E-state index in [9.17, 15) is 0 Å². The smallest absolute Gasteiger partial charge is 0.216 e. The van der Waals surface area contributed by atoms with E-state index in [2.05, 4.69) is 114 Å². The summed E-state index contributed by atoms with van der Waals surface area (Å²) in [6, 6.07) is 27.4. The minimum absolute atomic E-state index is 0. The first-order valence-electron chi connectivity index (χ1n) is 15.4. The number of aromatic nitrogens is 3. The quantitative estimate of drug-likeness (QED) is 0.167. The second-order valence-electron chi connectivity index (χ2n) is 13.5. The fraction of sp³-hybridized carbons (Fsp3) is 0.275. The summed E-state index contributed by atoms with van der Waals surface area (Å²) in [4.78, 5) is 15.1. The Labute approximate surface area is 289 Å². The van der Waals surface area contributed by atoms with Crippen LogP contribution < -0.4 is 0 Å². The fourth-order valence-electron chi connectivity index (χ4n) is 5.16. The van der Waals surface area contributed by atoms with E-state index in [0.717, 1.165) is 50.0 Å². The third-order valence-corrected chi connectivity index (χ3v) is 10.7. The molecule has 0 atom stereocenters. The van der Waals surface area contributed by atoms with Crippen LogP contribution >= 0.6 is 11.3 Å². The molecule has 0 aliphatic heterocycles. The van der Waals surface area contributed by atoms with Gasteiger partial charge in [0.25, 0.3) is 0 Å². The third kappa shape index (κ3) is 6.31. The summed E-state index contributed by atoms with van der Waals surface area (Å²) in [7, 11) is 0. The predicted octanol–water partition coefficient (Wildman–Crippen LogP) is 11.2. The molecule has 0 fully saturated rings. The van der Waals surface area contributed by atoms with Crippen LogP contribution in [-0.4, -0.2) is 15.0 Å². The zero-order chi connectivity index (χ0) is 32.1. The van der Waals surface area contributed by atoms with Crippen LogP contribution in [0.15, 0.2) is 77.5 Å². The van der Waals surface area contributed by atoms with Crippen molar-refractivity contribution in [3.8, 4) is 22.5 Å². The fourth-order valence-corrected chi connectivity index (χ4v) is 6.53. The van der Waals surface area contributed by atoms with Gasteiger partial charge in [0.05, 0.1) is 5.58 Å². The molecule has 237 valence electrons. The Balaban J connectivity index is 0.000000220. The second-order valence-corrected chi connectivity index (χ2v) is 14.6. The maximum absolute atomic E-state index is 6.22. The van der Waals surface area contributed by atoms with E-state index in [1.165, 1.54) is 26.3 Å². The van der Waals surface area contributed by atoms with Crippen molar-refractivity contribution in [2.24, 2.45) is 5.41 Å². The van der Waals surface area contributed by atoms with Gasteiger partial charge < -0.3 is 14.4 Å². The average Bonchev–Trinajstić information content (AvgIpc) is 3.61.